The van der Waals surface area contributed by atoms with Gasteiger partial charge in [0.2, 0.25) is 0 Å². The first kappa shape index (κ1) is 29.4. The quantitative estimate of drug-likeness (QED) is 0.275. The van der Waals surface area contributed by atoms with Gasteiger partial charge in [-0.05, 0) is 24.3 Å². The lowest BCUT2D eigenvalue weighted by Crippen LogP contribution is -2.60. The van der Waals surface area contributed by atoms with Gasteiger partial charge in [-0.15, -0.1) is 16.4 Å². The molecule has 4 atom stereocenters. The van der Waals surface area contributed by atoms with Crippen molar-refractivity contribution in [1.82, 2.24) is 29.8 Å². The number of aliphatic hydroxyl groups excluding tert-OH is 1. The molecular formula is C23H19Cl2F3N6O6S. The number of hydrogen-bond acceptors (Lipinski definition) is 10. The monoisotopic (exact) mass is 634 g/mol. The van der Waals surface area contributed by atoms with E-state index >= 15 is 0 Å². The molecule has 0 spiro atoms. The fraction of sp³-hybridized carbons (Fsp3) is 0.348. The highest BCUT2D eigenvalue weighted by Gasteiger charge is 2.57. The van der Waals surface area contributed by atoms with Crippen molar-refractivity contribution in [3.05, 3.63) is 63.0 Å². The number of carbonyl (C=O) groups is 1. The van der Waals surface area contributed by atoms with Gasteiger partial charge in [-0.3, -0.25) is 0 Å². The van der Waals surface area contributed by atoms with Crippen molar-refractivity contribution < 1.29 is 42.8 Å². The highest BCUT2D eigenvalue weighted by atomic mass is 35.5. The molecule has 1 aromatic carbocycles. The van der Waals surface area contributed by atoms with E-state index in [0.29, 0.717) is 15.8 Å². The highest BCUT2D eigenvalue weighted by Crippen LogP contribution is 2.46. The van der Waals surface area contributed by atoms with Crippen LogP contribution in [0.25, 0.3) is 16.4 Å². The van der Waals surface area contributed by atoms with Crippen LogP contribution in [0.3, 0.4) is 0 Å². The summed E-state index contributed by atoms with van der Waals surface area (Å²) < 4.78 is 55.3. The van der Waals surface area contributed by atoms with Crippen molar-refractivity contribution in [3.63, 3.8) is 0 Å². The van der Waals surface area contributed by atoms with Crippen LogP contribution in [0.1, 0.15) is 27.8 Å². The van der Waals surface area contributed by atoms with Crippen molar-refractivity contribution in [1.29, 1.82) is 0 Å². The number of hydrogen-bond donors (Lipinski definition) is 3. The maximum absolute atomic E-state index is 14.1. The molecule has 0 bridgehead atoms. The molecule has 12 nitrogen and oxygen atoms in total. The van der Waals surface area contributed by atoms with Gasteiger partial charge >= 0.3 is 12.1 Å². The smallest absolute Gasteiger partial charge is 0.418 e. The van der Waals surface area contributed by atoms with Gasteiger partial charge in [-0.1, -0.05) is 28.4 Å². The van der Waals surface area contributed by atoms with Crippen LogP contribution in [0.2, 0.25) is 10.2 Å². The SMILES string of the molecule is CO[C@H]1CO[C@H](CO)C(O)(c2cc(C(=O)O)nn2-c2cc(Cl)ccc2C(F)(F)F)[C@@H]1n1cc(-c2nc(Cl)cs2)nn1. The Hall–Kier alpha value is -3.12. The van der Waals surface area contributed by atoms with Crippen molar-refractivity contribution in [2.45, 2.75) is 30.0 Å². The molecule has 218 valence electrons. The molecule has 4 aromatic rings. The molecule has 1 unspecified atom stereocenters. The van der Waals surface area contributed by atoms with E-state index in [-0.39, 0.29) is 22.5 Å². The lowest BCUT2D eigenvalue weighted by Gasteiger charge is -2.47. The molecule has 41 heavy (non-hydrogen) atoms. The Balaban J connectivity index is 1.77. The molecule has 0 saturated carbocycles. The normalized spacial score (nSPS) is 23.2. The number of carboxylic acids is 1. The third-order valence-corrected chi connectivity index (χ3v) is 7.97. The fourth-order valence-corrected chi connectivity index (χ4v) is 5.80. The van der Waals surface area contributed by atoms with E-state index in [4.69, 9.17) is 32.7 Å². The van der Waals surface area contributed by atoms with Crippen LogP contribution in [0.15, 0.2) is 35.8 Å². The summed E-state index contributed by atoms with van der Waals surface area (Å²) in [6.07, 6.45) is -6.05. The summed E-state index contributed by atoms with van der Waals surface area (Å²) in [5, 5.41) is 46.5. The summed E-state index contributed by atoms with van der Waals surface area (Å²) in [4.78, 5) is 16.1. The third-order valence-electron chi connectivity index (χ3n) is 6.55. The van der Waals surface area contributed by atoms with Gasteiger partial charge in [0.05, 0.1) is 36.4 Å². The first-order chi connectivity index (χ1) is 19.4. The fourth-order valence-electron chi connectivity index (χ4n) is 4.74. The van der Waals surface area contributed by atoms with E-state index < -0.39 is 65.2 Å². The number of carboxylic acid groups (broad SMARTS) is 1. The Morgan fingerprint density at radius 1 is 1.32 bits per heavy atom. The van der Waals surface area contributed by atoms with Gasteiger partial charge in [0.15, 0.2) is 11.3 Å². The van der Waals surface area contributed by atoms with Crippen LogP contribution in [0.5, 0.6) is 0 Å². The van der Waals surface area contributed by atoms with Gasteiger partial charge in [0.25, 0.3) is 0 Å². The molecule has 18 heteroatoms. The van der Waals surface area contributed by atoms with E-state index in [0.717, 1.165) is 18.2 Å². The molecule has 3 N–H and O–H groups in total. The number of ether oxygens (including phenoxy) is 2. The van der Waals surface area contributed by atoms with Crippen LogP contribution in [-0.4, -0.2) is 83.6 Å². The van der Waals surface area contributed by atoms with E-state index in [9.17, 15) is 33.3 Å². The van der Waals surface area contributed by atoms with E-state index in [2.05, 4.69) is 20.4 Å². The van der Waals surface area contributed by atoms with Gasteiger partial charge in [-0.2, -0.15) is 18.3 Å². The number of aromatic carboxylic acids is 1. The summed E-state index contributed by atoms with van der Waals surface area (Å²) in [5.74, 6) is -1.59. The van der Waals surface area contributed by atoms with Crippen LogP contribution in [-0.2, 0) is 21.3 Å². The van der Waals surface area contributed by atoms with Crippen LogP contribution in [0, 0.1) is 0 Å². The van der Waals surface area contributed by atoms with E-state index in [1.54, 1.807) is 5.38 Å². The predicted octanol–water partition coefficient (Wildman–Crippen LogP) is 3.45. The summed E-state index contributed by atoms with van der Waals surface area (Å²) >= 11 is 13.1. The Morgan fingerprint density at radius 2 is 2.07 bits per heavy atom. The second-order valence-electron chi connectivity index (χ2n) is 8.90. The maximum atomic E-state index is 14.1. The lowest BCUT2D eigenvalue weighted by molar-refractivity contribution is -0.236. The first-order valence-corrected chi connectivity index (χ1v) is 13.2. The highest BCUT2D eigenvalue weighted by molar-refractivity contribution is 7.13. The predicted molar refractivity (Wildman–Crippen MR) is 137 cm³/mol. The second-order valence-corrected chi connectivity index (χ2v) is 10.6. The number of thiazole rings is 1. The zero-order chi connectivity index (χ0) is 29.7. The Labute approximate surface area is 242 Å². The maximum Gasteiger partial charge on any atom is 0.418 e. The van der Waals surface area contributed by atoms with Crippen molar-refractivity contribution in [2.24, 2.45) is 0 Å². The number of aromatic nitrogens is 6. The molecule has 0 aliphatic carbocycles. The molecule has 4 heterocycles. The van der Waals surface area contributed by atoms with Crippen LogP contribution in [0.4, 0.5) is 13.2 Å². The van der Waals surface area contributed by atoms with Crippen LogP contribution < -0.4 is 0 Å². The minimum atomic E-state index is -4.92. The molecule has 1 aliphatic rings. The molecular weight excluding hydrogens is 616 g/mol. The number of aliphatic hydroxyl groups is 2. The molecule has 5 rings (SSSR count). The first-order valence-electron chi connectivity index (χ1n) is 11.6. The molecule has 0 radical (unpaired) electrons. The summed E-state index contributed by atoms with van der Waals surface area (Å²) in [7, 11) is 1.30. The second kappa shape index (κ2) is 10.9. The van der Waals surface area contributed by atoms with Gasteiger partial charge < -0.3 is 24.8 Å². The van der Waals surface area contributed by atoms with Crippen LogP contribution >= 0.6 is 34.5 Å². The van der Waals surface area contributed by atoms with Gasteiger partial charge in [0.1, 0.15) is 34.1 Å². The van der Waals surface area contributed by atoms with Gasteiger partial charge in [-0.25, -0.2) is 19.1 Å². The van der Waals surface area contributed by atoms with Gasteiger partial charge in [0, 0.05) is 17.5 Å². The summed E-state index contributed by atoms with van der Waals surface area (Å²) in [6, 6.07) is 2.19. The molecule has 1 aliphatic heterocycles. The number of benzene rings is 1. The molecule has 1 saturated heterocycles. The topological polar surface area (TPSA) is 158 Å². The Morgan fingerprint density at radius 3 is 2.68 bits per heavy atom. The third kappa shape index (κ3) is 5.20. The number of rotatable bonds is 7. The molecule has 3 aromatic heterocycles. The minimum absolute atomic E-state index is 0.119. The average Bonchev–Trinajstić information content (AvgIpc) is 3.67. The minimum Gasteiger partial charge on any atom is -0.476 e. The number of alkyl halides is 3. The van der Waals surface area contributed by atoms with E-state index in [1.165, 1.54) is 29.3 Å². The Bertz CT molecular complexity index is 1600. The zero-order valence-corrected chi connectivity index (χ0v) is 23.0. The summed E-state index contributed by atoms with van der Waals surface area (Å²) in [5.41, 5.74) is -5.30. The van der Waals surface area contributed by atoms with Crippen molar-refractivity contribution >= 4 is 40.5 Å². The number of nitrogens with zero attached hydrogens (tertiary/aromatic N) is 6. The number of halogens is 5. The van der Waals surface area contributed by atoms with Crippen molar-refractivity contribution in [2.75, 3.05) is 20.3 Å². The lowest BCUT2D eigenvalue weighted by atomic mass is 9.79. The molecule has 0 amide bonds. The average molecular weight is 635 g/mol. The molecule has 1 fully saturated rings. The summed E-state index contributed by atoms with van der Waals surface area (Å²) in [6.45, 7) is -1.01. The largest absolute Gasteiger partial charge is 0.476 e. The number of methoxy groups -OCH3 is 1. The Kier molecular flexibility index (Phi) is 7.84. The standard InChI is InChI=1S/C23H19Cl2F3N6O6S/c1-39-15-8-40-17(7-35)22(38,19(15)33-6-13(30-32-33)20-29-18(25)9-41-20)16-5-12(21(36)37)31-34(16)14-4-10(24)2-3-11(14)23(26,27)28/h2-6,9,15,17,19,35,38H,7-8H2,1H3,(H,36,37)/t15-,17+,19+,22?/m0/s1. The van der Waals surface area contributed by atoms with Crippen molar-refractivity contribution in [3.8, 4) is 16.4 Å². The van der Waals surface area contributed by atoms with E-state index in [1.807, 2.05) is 0 Å². The zero-order valence-electron chi connectivity index (χ0n) is 20.7.